The number of hydrogen-bond donors (Lipinski definition) is 0. The van der Waals surface area contributed by atoms with Gasteiger partial charge in [0.2, 0.25) is 0 Å². The van der Waals surface area contributed by atoms with Gasteiger partial charge in [-0.25, -0.2) is 8.98 Å². The zero-order valence-electron chi connectivity index (χ0n) is 13.1. The second-order valence-electron chi connectivity index (χ2n) is 5.03. The lowest BCUT2D eigenvalue weighted by Gasteiger charge is -2.17. The van der Waals surface area contributed by atoms with Gasteiger partial charge in [0.15, 0.2) is 6.10 Å². The van der Waals surface area contributed by atoms with Crippen LogP contribution < -0.4 is 0 Å². The van der Waals surface area contributed by atoms with E-state index >= 15 is 0 Å². The minimum absolute atomic E-state index is 0.00735. The fourth-order valence-corrected chi connectivity index (χ4v) is 2.35. The third-order valence-corrected chi connectivity index (χ3v) is 4.12. The third-order valence-electron chi connectivity index (χ3n) is 3.07. The van der Waals surface area contributed by atoms with Gasteiger partial charge in [-0.1, -0.05) is 43.7 Å². The molecule has 0 aliphatic rings. The third kappa shape index (κ3) is 6.48. The summed E-state index contributed by atoms with van der Waals surface area (Å²) in [6.45, 7) is 1.83. The van der Waals surface area contributed by atoms with Crippen molar-refractivity contribution in [3.05, 3.63) is 35.9 Å². The summed E-state index contributed by atoms with van der Waals surface area (Å²) in [6, 6.07) is 8.61. The lowest BCUT2D eigenvalue weighted by Crippen LogP contribution is -2.35. The fourth-order valence-electron chi connectivity index (χ4n) is 1.77. The molecule has 1 rings (SSSR count). The molecular formula is C15H19F3O5S. The van der Waals surface area contributed by atoms with Gasteiger partial charge in [-0.3, -0.25) is 0 Å². The highest BCUT2D eigenvalue weighted by molar-refractivity contribution is 7.87. The van der Waals surface area contributed by atoms with Crippen LogP contribution in [-0.4, -0.2) is 32.6 Å². The molecule has 0 aliphatic heterocycles. The first kappa shape index (κ1) is 20.4. The first-order valence-electron chi connectivity index (χ1n) is 7.37. The van der Waals surface area contributed by atoms with Gasteiger partial charge in [-0.2, -0.15) is 21.6 Å². The number of esters is 1. The minimum atomic E-state index is -5.88. The first-order chi connectivity index (χ1) is 11.2. The van der Waals surface area contributed by atoms with E-state index in [1.165, 1.54) is 0 Å². The van der Waals surface area contributed by atoms with E-state index in [9.17, 15) is 26.4 Å². The summed E-state index contributed by atoms with van der Waals surface area (Å²) < 4.78 is 68.6. The molecule has 0 N–H and O–H groups in total. The molecule has 0 fully saturated rings. The van der Waals surface area contributed by atoms with Crippen LogP contribution in [0.2, 0.25) is 0 Å². The molecule has 0 saturated carbocycles. The van der Waals surface area contributed by atoms with E-state index in [0.717, 1.165) is 5.56 Å². The molecule has 0 heterocycles. The summed E-state index contributed by atoms with van der Waals surface area (Å²) in [4.78, 5) is 11.9. The van der Waals surface area contributed by atoms with E-state index in [1.807, 2.05) is 6.92 Å². The standard InChI is InChI=1S/C15H19F3O5S/c1-2-3-11-22-14(19)13(23-24(20,21)15(16,17)18)10-9-12-7-5-4-6-8-12/h4-8,13H,2-3,9-11H2,1H3/t13-/m1/s1. The van der Waals surface area contributed by atoms with Crippen LogP contribution in [0.4, 0.5) is 13.2 Å². The maximum atomic E-state index is 12.5. The Bertz CT molecular complexity index is 614. The molecule has 1 atom stereocenters. The maximum absolute atomic E-state index is 12.5. The zero-order valence-corrected chi connectivity index (χ0v) is 13.9. The molecule has 0 saturated heterocycles. The molecule has 1 aromatic rings. The molecule has 136 valence electrons. The predicted octanol–water partition coefficient (Wildman–Crippen LogP) is 3.20. The Kier molecular flexibility index (Phi) is 7.68. The quantitative estimate of drug-likeness (QED) is 0.290. The molecule has 0 aliphatic carbocycles. The van der Waals surface area contributed by atoms with Crippen LogP contribution in [0.3, 0.4) is 0 Å². The number of alkyl halides is 3. The molecule has 0 bridgehead atoms. The summed E-state index contributed by atoms with van der Waals surface area (Å²) in [5.74, 6) is -1.12. The Balaban J connectivity index is 2.80. The molecule has 0 aromatic heterocycles. The summed E-state index contributed by atoms with van der Waals surface area (Å²) in [5, 5.41) is 0. The maximum Gasteiger partial charge on any atom is 0.523 e. The predicted molar refractivity (Wildman–Crippen MR) is 80.5 cm³/mol. The Labute approximate surface area is 138 Å². The van der Waals surface area contributed by atoms with Crippen molar-refractivity contribution in [2.24, 2.45) is 0 Å². The van der Waals surface area contributed by atoms with Crippen molar-refractivity contribution >= 4 is 16.1 Å². The van der Waals surface area contributed by atoms with Crippen LogP contribution in [-0.2, 0) is 30.3 Å². The monoisotopic (exact) mass is 368 g/mol. The topological polar surface area (TPSA) is 69.7 Å². The van der Waals surface area contributed by atoms with Crippen LogP contribution in [0.25, 0.3) is 0 Å². The first-order valence-corrected chi connectivity index (χ1v) is 8.78. The summed E-state index contributed by atoms with van der Waals surface area (Å²) in [5.41, 5.74) is -4.86. The van der Waals surface area contributed by atoms with Crippen molar-refractivity contribution in [2.45, 2.75) is 44.2 Å². The molecule has 24 heavy (non-hydrogen) atoms. The van der Waals surface area contributed by atoms with Crippen LogP contribution in [0.1, 0.15) is 31.7 Å². The van der Waals surface area contributed by atoms with Crippen LogP contribution in [0, 0.1) is 0 Å². The second kappa shape index (κ2) is 9.03. The van der Waals surface area contributed by atoms with Crippen molar-refractivity contribution in [3.63, 3.8) is 0 Å². The van der Waals surface area contributed by atoms with Gasteiger partial charge in [0.05, 0.1) is 6.61 Å². The Hall–Kier alpha value is -1.61. The van der Waals surface area contributed by atoms with E-state index in [-0.39, 0.29) is 19.4 Å². The van der Waals surface area contributed by atoms with E-state index < -0.39 is 27.7 Å². The van der Waals surface area contributed by atoms with E-state index in [4.69, 9.17) is 4.74 Å². The Morgan fingerprint density at radius 3 is 2.38 bits per heavy atom. The van der Waals surface area contributed by atoms with Crippen molar-refractivity contribution in [3.8, 4) is 0 Å². The zero-order chi connectivity index (χ0) is 18.2. The smallest absolute Gasteiger partial charge is 0.464 e. The minimum Gasteiger partial charge on any atom is -0.464 e. The SMILES string of the molecule is CCCCOC(=O)[C@@H](CCc1ccccc1)OS(=O)(=O)C(F)(F)F. The van der Waals surface area contributed by atoms with Crippen molar-refractivity contribution < 1.29 is 35.3 Å². The molecule has 9 heteroatoms. The average Bonchev–Trinajstić information content (AvgIpc) is 2.51. The highest BCUT2D eigenvalue weighted by Crippen LogP contribution is 2.27. The number of benzene rings is 1. The van der Waals surface area contributed by atoms with Gasteiger partial charge < -0.3 is 4.74 Å². The lowest BCUT2D eigenvalue weighted by atomic mass is 10.1. The molecular weight excluding hydrogens is 349 g/mol. The number of ether oxygens (including phenoxy) is 1. The number of aryl methyl sites for hydroxylation is 1. The number of carbonyl (C=O) groups is 1. The summed E-state index contributed by atoms with van der Waals surface area (Å²) in [6.07, 6.45) is -0.688. The fraction of sp³-hybridized carbons (Fsp3) is 0.533. The lowest BCUT2D eigenvalue weighted by molar-refractivity contribution is -0.153. The number of unbranched alkanes of at least 4 members (excludes halogenated alkanes) is 1. The molecule has 0 radical (unpaired) electrons. The summed E-state index contributed by atoms with van der Waals surface area (Å²) >= 11 is 0. The van der Waals surface area contributed by atoms with E-state index in [2.05, 4.69) is 4.18 Å². The van der Waals surface area contributed by atoms with Gasteiger partial charge in [-0.05, 0) is 24.8 Å². The number of carbonyl (C=O) groups excluding carboxylic acids is 1. The van der Waals surface area contributed by atoms with Gasteiger partial charge in [0.25, 0.3) is 0 Å². The highest BCUT2D eigenvalue weighted by atomic mass is 32.2. The summed E-state index contributed by atoms with van der Waals surface area (Å²) in [7, 11) is -5.88. The van der Waals surface area contributed by atoms with E-state index in [1.54, 1.807) is 30.3 Å². The van der Waals surface area contributed by atoms with Gasteiger partial charge >= 0.3 is 21.6 Å². The van der Waals surface area contributed by atoms with Crippen LogP contribution >= 0.6 is 0 Å². The second-order valence-corrected chi connectivity index (χ2v) is 6.59. The van der Waals surface area contributed by atoms with Gasteiger partial charge in [0, 0.05) is 0 Å². The van der Waals surface area contributed by atoms with Crippen LogP contribution in [0.5, 0.6) is 0 Å². The average molecular weight is 368 g/mol. The van der Waals surface area contributed by atoms with Gasteiger partial charge in [0.1, 0.15) is 0 Å². The van der Waals surface area contributed by atoms with E-state index in [0.29, 0.717) is 12.8 Å². The highest BCUT2D eigenvalue weighted by Gasteiger charge is 2.49. The van der Waals surface area contributed by atoms with Crippen molar-refractivity contribution in [1.29, 1.82) is 0 Å². The van der Waals surface area contributed by atoms with Gasteiger partial charge in [-0.15, -0.1) is 0 Å². The Morgan fingerprint density at radius 1 is 1.21 bits per heavy atom. The Morgan fingerprint density at radius 2 is 1.83 bits per heavy atom. The van der Waals surface area contributed by atoms with Crippen molar-refractivity contribution in [2.75, 3.05) is 6.61 Å². The molecule has 5 nitrogen and oxygen atoms in total. The molecule has 0 amide bonds. The molecule has 0 unspecified atom stereocenters. The number of halogens is 3. The number of hydrogen-bond acceptors (Lipinski definition) is 5. The normalized spacial score (nSPS) is 13.5. The van der Waals surface area contributed by atoms with Crippen molar-refractivity contribution in [1.82, 2.24) is 0 Å². The molecule has 0 spiro atoms. The largest absolute Gasteiger partial charge is 0.523 e. The number of rotatable bonds is 9. The molecule has 1 aromatic carbocycles. The van der Waals surface area contributed by atoms with Crippen LogP contribution in [0.15, 0.2) is 30.3 Å².